The Bertz CT molecular complexity index is 720. The second kappa shape index (κ2) is 7.04. The van der Waals surface area contributed by atoms with Gasteiger partial charge < -0.3 is 10.1 Å². The summed E-state index contributed by atoms with van der Waals surface area (Å²) in [7, 11) is 1.59. The summed E-state index contributed by atoms with van der Waals surface area (Å²) in [4.78, 5) is 13.4. The van der Waals surface area contributed by atoms with Crippen molar-refractivity contribution in [1.82, 2.24) is 5.32 Å². The van der Waals surface area contributed by atoms with Crippen molar-refractivity contribution in [3.8, 4) is 5.75 Å². The standard InChI is InChI=1S/C18H18FNO2S/c1-22-16-5-3-2-4-12(16)10-18(21)20-15-8-9-23-17-7-6-13(19)11-14(15)17/h2-7,11,15H,8-10H2,1H3,(H,20,21)/t15-/m1/s1. The summed E-state index contributed by atoms with van der Waals surface area (Å²) in [6, 6.07) is 12.1. The van der Waals surface area contributed by atoms with Crippen LogP contribution >= 0.6 is 11.8 Å². The molecule has 1 atom stereocenters. The van der Waals surface area contributed by atoms with Gasteiger partial charge in [-0.05, 0) is 36.2 Å². The Morgan fingerprint density at radius 1 is 1.35 bits per heavy atom. The normalized spacial score (nSPS) is 16.5. The van der Waals surface area contributed by atoms with Crippen molar-refractivity contribution >= 4 is 17.7 Å². The molecule has 5 heteroatoms. The summed E-state index contributed by atoms with van der Waals surface area (Å²) in [6.07, 6.45) is 1.05. The minimum atomic E-state index is -0.268. The molecule has 0 aromatic heterocycles. The number of ether oxygens (including phenoxy) is 1. The lowest BCUT2D eigenvalue weighted by Gasteiger charge is -2.26. The molecule has 1 N–H and O–H groups in total. The maximum Gasteiger partial charge on any atom is 0.225 e. The average Bonchev–Trinajstić information content (AvgIpc) is 2.56. The third-order valence-corrected chi connectivity index (χ3v) is 5.01. The number of carbonyl (C=O) groups excluding carboxylic acids is 1. The molecule has 0 spiro atoms. The number of halogens is 1. The SMILES string of the molecule is COc1ccccc1CC(=O)N[C@@H]1CCSc2ccc(F)cc21. The molecule has 0 bridgehead atoms. The van der Waals surface area contributed by atoms with E-state index in [1.807, 2.05) is 24.3 Å². The number of thioether (sulfide) groups is 1. The molecule has 3 nitrogen and oxygen atoms in total. The molecule has 1 amide bonds. The topological polar surface area (TPSA) is 38.3 Å². The first-order valence-electron chi connectivity index (χ1n) is 7.51. The summed E-state index contributed by atoms with van der Waals surface area (Å²) in [5.74, 6) is 1.27. The summed E-state index contributed by atoms with van der Waals surface area (Å²) < 4.78 is 18.8. The van der Waals surface area contributed by atoms with E-state index in [0.717, 1.165) is 28.2 Å². The minimum Gasteiger partial charge on any atom is -0.496 e. The Hall–Kier alpha value is -2.01. The highest BCUT2D eigenvalue weighted by Crippen LogP contribution is 2.36. The monoisotopic (exact) mass is 331 g/mol. The zero-order valence-corrected chi connectivity index (χ0v) is 13.7. The van der Waals surface area contributed by atoms with Crippen molar-refractivity contribution in [1.29, 1.82) is 0 Å². The number of hydrogen-bond donors (Lipinski definition) is 1. The fraction of sp³-hybridized carbons (Fsp3) is 0.278. The lowest BCUT2D eigenvalue weighted by molar-refractivity contribution is -0.121. The number of amides is 1. The first-order chi connectivity index (χ1) is 11.2. The van der Waals surface area contributed by atoms with Crippen LogP contribution in [0.2, 0.25) is 0 Å². The van der Waals surface area contributed by atoms with E-state index >= 15 is 0 Å². The predicted octanol–water partition coefficient (Wildman–Crippen LogP) is 3.73. The summed E-state index contributed by atoms with van der Waals surface area (Å²) in [5.41, 5.74) is 1.71. The molecule has 2 aromatic carbocycles. The zero-order chi connectivity index (χ0) is 16.2. The van der Waals surface area contributed by atoms with Gasteiger partial charge in [0.1, 0.15) is 11.6 Å². The number of fused-ring (bicyclic) bond motifs is 1. The molecule has 0 radical (unpaired) electrons. The van der Waals surface area contributed by atoms with Gasteiger partial charge in [0, 0.05) is 16.2 Å². The van der Waals surface area contributed by atoms with Gasteiger partial charge in [-0.2, -0.15) is 0 Å². The van der Waals surface area contributed by atoms with E-state index in [0.29, 0.717) is 5.75 Å². The molecule has 1 aliphatic heterocycles. The number of benzene rings is 2. The summed E-state index contributed by atoms with van der Waals surface area (Å²) >= 11 is 1.70. The quantitative estimate of drug-likeness (QED) is 0.928. The van der Waals surface area contributed by atoms with Gasteiger partial charge in [-0.25, -0.2) is 4.39 Å². The van der Waals surface area contributed by atoms with Crippen LogP contribution in [-0.4, -0.2) is 18.8 Å². The highest BCUT2D eigenvalue weighted by atomic mass is 32.2. The van der Waals surface area contributed by atoms with Gasteiger partial charge in [-0.1, -0.05) is 18.2 Å². The van der Waals surface area contributed by atoms with Gasteiger partial charge in [0.25, 0.3) is 0 Å². The molecule has 23 heavy (non-hydrogen) atoms. The van der Waals surface area contributed by atoms with Crippen LogP contribution in [0.25, 0.3) is 0 Å². The maximum atomic E-state index is 13.5. The van der Waals surface area contributed by atoms with E-state index in [-0.39, 0.29) is 24.2 Å². The Morgan fingerprint density at radius 2 is 2.17 bits per heavy atom. The number of hydrogen-bond acceptors (Lipinski definition) is 3. The van der Waals surface area contributed by atoms with Gasteiger partial charge in [-0.15, -0.1) is 11.8 Å². The van der Waals surface area contributed by atoms with Gasteiger partial charge in [0.05, 0.1) is 19.6 Å². The molecule has 1 heterocycles. The molecule has 0 saturated heterocycles. The maximum absolute atomic E-state index is 13.5. The second-order valence-corrected chi connectivity index (χ2v) is 6.56. The number of rotatable bonds is 4. The van der Waals surface area contributed by atoms with Gasteiger partial charge in [0.15, 0.2) is 0 Å². The zero-order valence-electron chi connectivity index (χ0n) is 12.8. The molecule has 0 saturated carbocycles. The third-order valence-electron chi connectivity index (χ3n) is 3.89. The Balaban J connectivity index is 1.73. The average molecular weight is 331 g/mol. The van der Waals surface area contributed by atoms with Crippen molar-refractivity contribution in [3.05, 3.63) is 59.4 Å². The van der Waals surface area contributed by atoms with Gasteiger partial charge >= 0.3 is 0 Å². The number of nitrogens with one attached hydrogen (secondary N) is 1. The van der Waals surface area contributed by atoms with Crippen molar-refractivity contribution in [2.45, 2.75) is 23.8 Å². The molecule has 120 valence electrons. The van der Waals surface area contributed by atoms with E-state index < -0.39 is 0 Å². The molecule has 0 fully saturated rings. The molecule has 0 unspecified atom stereocenters. The third kappa shape index (κ3) is 3.67. The van der Waals surface area contributed by atoms with Crippen LogP contribution in [0.1, 0.15) is 23.6 Å². The predicted molar refractivity (Wildman–Crippen MR) is 89.3 cm³/mol. The molecule has 2 aromatic rings. The van der Waals surface area contributed by atoms with E-state index in [1.165, 1.54) is 12.1 Å². The van der Waals surface area contributed by atoms with Crippen molar-refractivity contribution in [2.24, 2.45) is 0 Å². The fourth-order valence-electron chi connectivity index (χ4n) is 2.78. The van der Waals surface area contributed by atoms with Crippen LogP contribution < -0.4 is 10.1 Å². The van der Waals surface area contributed by atoms with Crippen molar-refractivity contribution in [2.75, 3.05) is 12.9 Å². The van der Waals surface area contributed by atoms with E-state index in [9.17, 15) is 9.18 Å². The molecule has 3 rings (SSSR count). The molecule has 1 aliphatic rings. The molecular weight excluding hydrogens is 313 g/mol. The lowest BCUT2D eigenvalue weighted by Crippen LogP contribution is -2.32. The van der Waals surface area contributed by atoms with Crippen molar-refractivity contribution < 1.29 is 13.9 Å². The Labute approximate surface area is 139 Å². The minimum absolute atomic E-state index is 0.0818. The van der Waals surface area contributed by atoms with Crippen LogP contribution in [0.5, 0.6) is 5.75 Å². The van der Waals surface area contributed by atoms with Crippen LogP contribution in [0.3, 0.4) is 0 Å². The highest BCUT2D eigenvalue weighted by Gasteiger charge is 2.23. The van der Waals surface area contributed by atoms with E-state index in [4.69, 9.17) is 4.74 Å². The first kappa shape index (κ1) is 15.9. The van der Waals surface area contributed by atoms with Crippen LogP contribution in [0, 0.1) is 5.82 Å². The number of methoxy groups -OCH3 is 1. The van der Waals surface area contributed by atoms with E-state index in [1.54, 1.807) is 24.9 Å². The van der Waals surface area contributed by atoms with Crippen LogP contribution in [-0.2, 0) is 11.2 Å². The smallest absolute Gasteiger partial charge is 0.225 e. The molecule has 0 aliphatic carbocycles. The van der Waals surface area contributed by atoms with Gasteiger partial charge in [-0.3, -0.25) is 4.79 Å². The Morgan fingerprint density at radius 3 is 3.00 bits per heavy atom. The first-order valence-corrected chi connectivity index (χ1v) is 8.49. The second-order valence-electron chi connectivity index (χ2n) is 5.43. The van der Waals surface area contributed by atoms with E-state index in [2.05, 4.69) is 5.32 Å². The lowest BCUT2D eigenvalue weighted by atomic mass is 10.0. The summed E-state index contributed by atoms with van der Waals surface area (Å²) in [6.45, 7) is 0. The number of para-hydroxylation sites is 1. The fourth-order valence-corrected chi connectivity index (χ4v) is 3.89. The summed E-state index contributed by atoms with van der Waals surface area (Å²) in [5, 5.41) is 3.03. The van der Waals surface area contributed by atoms with Gasteiger partial charge in [0.2, 0.25) is 5.91 Å². The number of carbonyl (C=O) groups is 1. The van der Waals surface area contributed by atoms with Crippen molar-refractivity contribution in [3.63, 3.8) is 0 Å². The molecular formula is C18H18FNO2S. The van der Waals surface area contributed by atoms with Crippen LogP contribution in [0.4, 0.5) is 4.39 Å². The largest absolute Gasteiger partial charge is 0.496 e. The van der Waals surface area contributed by atoms with Crippen LogP contribution in [0.15, 0.2) is 47.4 Å². The highest BCUT2D eigenvalue weighted by molar-refractivity contribution is 7.99. The Kier molecular flexibility index (Phi) is 4.86.